The fourth-order valence-electron chi connectivity index (χ4n) is 7.04. The molecule has 4 N–H and O–H groups in total. The van der Waals surface area contributed by atoms with Gasteiger partial charge in [0.25, 0.3) is 5.91 Å². The third-order valence-electron chi connectivity index (χ3n) is 10.4. The Morgan fingerprint density at radius 2 is 1.56 bits per heavy atom. The lowest BCUT2D eigenvalue weighted by molar-refractivity contribution is -0.143. The molecule has 1 aliphatic carbocycles. The van der Waals surface area contributed by atoms with Gasteiger partial charge in [-0.3, -0.25) is 24.0 Å². The molecule has 2 fully saturated rings. The number of benzene rings is 1. The van der Waals surface area contributed by atoms with Crippen LogP contribution in [0, 0.1) is 16.7 Å². The van der Waals surface area contributed by atoms with Crippen molar-refractivity contribution in [1.82, 2.24) is 31.1 Å². The summed E-state index contributed by atoms with van der Waals surface area (Å²) in [5.74, 6) is -3.14. The van der Waals surface area contributed by atoms with E-state index in [-0.39, 0.29) is 37.6 Å². The summed E-state index contributed by atoms with van der Waals surface area (Å²) >= 11 is 0. The first-order valence-corrected chi connectivity index (χ1v) is 19.5. The lowest BCUT2D eigenvalue weighted by Gasteiger charge is -2.36. The van der Waals surface area contributed by atoms with Crippen LogP contribution in [-0.4, -0.2) is 101 Å². The second kappa shape index (κ2) is 18.3. The Morgan fingerprint density at radius 1 is 0.927 bits per heavy atom. The van der Waals surface area contributed by atoms with Gasteiger partial charge in [0.05, 0.1) is 18.6 Å². The standard InChI is InChI=1S/C41H60N6O8/c1-9-11-16-29(32(49)36(51)42-20-10-2)43-35(50)30-22-28(55-39(54)46-21-19-25-14-12-13-15-27(25)23-46)24-47(30)37(52)34(41(6,7)8)45-38(53)44-33(40(3,4)5)31(48)26-17-18-26/h10,12-15,26,28-30,33-34H,2,9,11,16-24H2,1,3-8H3,(H,42,51)(H,43,50)(H2,44,45,53)/t28-,29?,30+,33-,34-/m1/s1. The molecule has 1 saturated carbocycles. The Bertz CT molecular complexity index is 1630. The highest BCUT2D eigenvalue weighted by Gasteiger charge is 2.48. The first-order chi connectivity index (χ1) is 25.8. The van der Waals surface area contributed by atoms with Crippen LogP contribution in [0.5, 0.6) is 0 Å². The van der Waals surface area contributed by atoms with Crippen LogP contribution in [0.1, 0.15) is 98.1 Å². The molecule has 302 valence electrons. The zero-order valence-electron chi connectivity index (χ0n) is 33.5. The van der Waals surface area contributed by atoms with E-state index in [0.29, 0.717) is 32.4 Å². The molecule has 6 amide bonds. The molecule has 14 heteroatoms. The van der Waals surface area contributed by atoms with E-state index in [1.807, 2.05) is 52.0 Å². The summed E-state index contributed by atoms with van der Waals surface area (Å²) in [6.07, 6.45) is 3.53. The number of nitrogens with one attached hydrogen (secondary N) is 4. The van der Waals surface area contributed by atoms with Crippen LogP contribution in [0.3, 0.4) is 0 Å². The average Bonchev–Trinajstić information content (AvgIpc) is 3.90. The highest BCUT2D eigenvalue weighted by atomic mass is 16.6. The first kappa shape index (κ1) is 43.0. The van der Waals surface area contributed by atoms with Crippen LogP contribution >= 0.6 is 0 Å². The number of ketones is 2. The second-order valence-corrected chi connectivity index (χ2v) is 17.1. The molecule has 1 aromatic carbocycles. The van der Waals surface area contributed by atoms with Gasteiger partial charge >= 0.3 is 12.1 Å². The van der Waals surface area contributed by atoms with E-state index in [1.165, 1.54) is 11.0 Å². The number of urea groups is 1. The number of Topliss-reactive ketones (excluding diaryl/α,β-unsaturated/α-hetero) is 2. The van der Waals surface area contributed by atoms with Crippen LogP contribution in [-0.2, 0) is 41.7 Å². The summed E-state index contributed by atoms with van der Waals surface area (Å²) < 4.78 is 5.95. The molecule has 5 atom stereocenters. The quantitative estimate of drug-likeness (QED) is 0.154. The average molecular weight is 765 g/mol. The Hall–Kier alpha value is -4.75. The molecule has 55 heavy (non-hydrogen) atoms. The van der Waals surface area contributed by atoms with E-state index in [9.17, 15) is 33.6 Å². The zero-order valence-corrected chi connectivity index (χ0v) is 33.5. The van der Waals surface area contributed by atoms with Crippen molar-refractivity contribution >= 4 is 41.4 Å². The molecule has 3 aliphatic rings. The largest absolute Gasteiger partial charge is 0.444 e. The minimum Gasteiger partial charge on any atom is -0.444 e. The number of carbonyl (C=O) groups excluding carboxylic acids is 7. The first-order valence-electron chi connectivity index (χ1n) is 19.5. The molecule has 14 nitrogen and oxygen atoms in total. The van der Waals surface area contributed by atoms with Gasteiger partial charge in [-0.15, -0.1) is 6.58 Å². The second-order valence-electron chi connectivity index (χ2n) is 17.1. The van der Waals surface area contributed by atoms with E-state index in [4.69, 9.17) is 4.74 Å². The number of nitrogens with zero attached hydrogens (tertiary/aromatic N) is 2. The van der Waals surface area contributed by atoms with Crippen molar-refractivity contribution in [1.29, 1.82) is 0 Å². The molecule has 0 aromatic heterocycles. The van der Waals surface area contributed by atoms with Gasteiger partial charge in [0.2, 0.25) is 17.6 Å². The maximum atomic E-state index is 14.6. The fraction of sp³-hybridized carbons (Fsp3) is 0.634. The Labute approximate surface area is 324 Å². The van der Waals surface area contributed by atoms with Crippen LogP contribution < -0.4 is 21.3 Å². The highest BCUT2D eigenvalue weighted by Crippen LogP contribution is 2.35. The number of fused-ring (bicyclic) bond motifs is 1. The van der Waals surface area contributed by atoms with Crippen LogP contribution in [0.25, 0.3) is 0 Å². The van der Waals surface area contributed by atoms with Crippen LogP contribution in [0.4, 0.5) is 9.59 Å². The number of unbranched alkanes of at least 4 members (excludes halogenated alkanes) is 1. The third-order valence-corrected chi connectivity index (χ3v) is 10.4. The molecule has 0 spiro atoms. The van der Waals surface area contributed by atoms with Crippen LogP contribution in [0.15, 0.2) is 36.9 Å². The van der Waals surface area contributed by atoms with Gasteiger partial charge in [-0.1, -0.05) is 91.6 Å². The molecule has 1 aromatic rings. The molecular formula is C41H60N6O8. The number of rotatable bonds is 15. The van der Waals surface area contributed by atoms with Gasteiger partial charge in [0.15, 0.2) is 5.78 Å². The monoisotopic (exact) mass is 764 g/mol. The van der Waals surface area contributed by atoms with Crippen molar-refractivity contribution in [3.05, 3.63) is 48.0 Å². The molecule has 1 saturated heterocycles. The number of ether oxygens (including phenoxy) is 1. The molecule has 2 aliphatic heterocycles. The van der Waals surface area contributed by atoms with E-state index in [1.54, 1.807) is 25.7 Å². The van der Waals surface area contributed by atoms with Crippen molar-refractivity contribution in [2.75, 3.05) is 19.6 Å². The topological polar surface area (TPSA) is 183 Å². The van der Waals surface area contributed by atoms with E-state index in [0.717, 1.165) is 24.0 Å². The minimum atomic E-state index is -1.20. The van der Waals surface area contributed by atoms with Crippen molar-refractivity contribution < 1.29 is 38.3 Å². The number of likely N-dealkylation sites (tertiary alicyclic amines) is 1. The summed E-state index contributed by atoms with van der Waals surface area (Å²) in [5, 5.41) is 10.8. The van der Waals surface area contributed by atoms with Crippen molar-refractivity contribution in [2.45, 2.75) is 130 Å². The Kier molecular flexibility index (Phi) is 14.3. The Morgan fingerprint density at radius 3 is 2.16 bits per heavy atom. The summed E-state index contributed by atoms with van der Waals surface area (Å²) in [4.78, 5) is 97.7. The van der Waals surface area contributed by atoms with Gasteiger partial charge in [-0.25, -0.2) is 9.59 Å². The molecule has 0 bridgehead atoms. The van der Waals surface area contributed by atoms with Crippen LogP contribution in [0.2, 0.25) is 0 Å². The summed E-state index contributed by atoms with van der Waals surface area (Å²) in [6, 6.07) is 2.83. The fourth-order valence-corrected chi connectivity index (χ4v) is 7.04. The normalized spacial score (nSPS) is 19.9. The maximum Gasteiger partial charge on any atom is 0.410 e. The van der Waals surface area contributed by atoms with E-state index >= 15 is 0 Å². The number of carbonyl (C=O) groups is 7. The smallest absolute Gasteiger partial charge is 0.410 e. The summed E-state index contributed by atoms with van der Waals surface area (Å²) in [7, 11) is 0. The van der Waals surface area contributed by atoms with Gasteiger partial charge in [0, 0.05) is 32.0 Å². The molecule has 0 radical (unpaired) electrons. The van der Waals surface area contributed by atoms with Gasteiger partial charge in [0.1, 0.15) is 18.2 Å². The van der Waals surface area contributed by atoms with E-state index < -0.39 is 76.7 Å². The van der Waals surface area contributed by atoms with Crippen molar-refractivity contribution in [3.8, 4) is 0 Å². The highest BCUT2D eigenvalue weighted by molar-refractivity contribution is 6.38. The lowest BCUT2D eigenvalue weighted by atomic mass is 9.82. The molecule has 1 unspecified atom stereocenters. The number of hydrogen-bond donors (Lipinski definition) is 4. The van der Waals surface area contributed by atoms with Gasteiger partial charge in [-0.2, -0.15) is 0 Å². The van der Waals surface area contributed by atoms with Crippen molar-refractivity contribution in [2.24, 2.45) is 16.7 Å². The maximum absolute atomic E-state index is 14.6. The summed E-state index contributed by atoms with van der Waals surface area (Å²) in [6.45, 7) is 17.1. The molecule has 4 rings (SSSR count). The predicted octanol–water partition coefficient (Wildman–Crippen LogP) is 3.80. The van der Waals surface area contributed by atoms with Gasteiger partial charge in [-0.05, 0) is 47.6 Å². The molecular weight excluding hydrogens is 704 g/mol. The van der Waals surface area contributed by atoms with Crippen molar-refractivity contribution in [3.63, 3.8) is 0 Å². The summed E-state index contributed by atoms with van der Waals surface area (Å²) in [5.41, 5.74) is 0.710. The predicted molar refractivity (Wildman–Crippen MR) is 206 cm³/mol. The zero-order chi connectivity index (χ0) is 40.7. The van der Waals surface area contributed by atoms with E-state index in [2.05, 4.69) is 27.8 Å². The number of hydrogen-bond acceptors (Lipinski definition) is 8. The minimum absolute atomic E-state index is 0.0511. The Balaban J connectivity index is 1.58. The number of amides is 6. The molecule has 2 heterocycles. The lowest BCUT2D eigenvalue weighted by Crippen LogP contribution is -2.62. The van der Waals surface area contributed by atoms with Gasteiger partial charge < -0.3 is 35.8 Å². The third kappa shape index (κ3) is 11.4. The SMILES string of the molecule is C=CCNC(=O)C(=O)C(CCCC)NC(=O)[C@@H]1C[C@@H](OC(=O)N2CCc3ccccc3C2)CN1C(=O)[C@@H](NC(=O)N[C@H](C(=O)C1CC1)C(C)(C)C)C(C)(C)C.